The molecule has 74 heavy (non-hydrogen) atoms. The molecule has 3 aromatic carbocycles. The van der Waals surface area contributed by atoms with Crippen molar-refractivity contribution < 1.29 is 58.0 Å². The predicted molar refractivity (Wildman–Crippen MR) is 275 cm³/mol. The maximum atomic E-state index is 15.0. The molecule has 19 nitrogen and oxygen atoms in total. The van der Waals surface area contributed by atoms with Gasteiger partial charge in [0.05, 0.1) is 25.5 Å². The van der Waals surface area contributed by atoms with Gasteiger partial charge in [0, 0.05) is 68.5 Å². The number of likely N-dealkylation sites (N-methyl/N-ethyl adjacent to an activating group) is 1. The molecular weight excluding hydrogens is 951 g/mol. The Hall–Kier alpha value is -7.09. The summed E-state index contributed by atoms with van der Waals surface area (Å²) in [5, 5.41) is 28.2. The number of carbonyl (C=O) groups excluding carboxylic acids is 6. The third kappa shape index (κ3) is 12.1. The van der Waals surface area contributed by atoms with Crippen LogP contribution < -0.4 is 20.8 Å². The van der Waals surface area contributed by atoms with Gasteiger partial charge in [0.15, 0.2) is 5.60 Å². The number of methoxy groups -OCH3 is 1. The highest BCUT2D eigenvalue weighted by molar-refractivity contribution is 5.97. The summed E-state index contributed by atoms with van der Waals surface area (Å²) in [5.74, 6) is -4.91. The number of aromatic nitrogens is 1. The molecule has 4 heterocycles. The molecule has 1 unspecified atom stereocenters. The van der Waals surface area contributed by atoms with Gasteiger partial charge >= 0.3 is 18.0 Å². The lowest BCUT2D eigenvalue weighted by atomic mass is 9.83. The largest absolute Gasteiger partial charge is 0.480 e. The van der Waals surface area contributed by atoms with E-state index in [1.807, 2.05) is 44.2 Å². The van der Waals surface area contributed by atoms with E-state index in [0.29, 0.717) is 55.5 Å². The van der Waals surface area contributed by atoms with Gasteiger partial charge in [-0.3, -0.25) is 33.8 Å². The van der Waals surface area contributed by atoms with Crippen LogP contribution in [0.2, 0.25) is 0 Å². The fourth-order valence-corrected chi connectivity index (χ4v) is 10.5. The zero-order valence-electron chi connectivity index (χ0n) is 43.3. The minimum Gasteiger partial charge on any atom is -0.480 e. The summed E-state index contributed by atoms with van der Waals surface area (Å²) >= 11 is 0. The molecule has 1 aromatic heterocycles. The second-order valence-corrected chi connectivity index (χ2v) is 20.6. The summed E-state index contributed by atoms with van der Waals surface area (Å²) in [4.78, 5) is 97.2. The highest BCUT2D eigenvalue weighted by Crippen LogP contribution is 2.42. The Morgan fingerprint density at radius 3 is 2.50 bits per heavy atom. The van der Waals surface area contributed by atoms with Crippen molar-refractivity contribution >= 4 is 52.6 Å². The standard InChI is InChI=1S/C55H69N7O12/c1-9-45(63)60-22-20-55(71,31-60)52(69)59(7)47(33(3)4)49(66)57-43-26-34-24-37(27-38(25-34)74-53(70)56-30-46(64)65)36-17-18-44-40(28-36)41(48(61(44)10-2)39-15-12-11-14-35(39)19-23-72-8)29-54(5,6)32-73-51(68)42-16-13-21-62(58-42)50(43)67/h9,11-12,14-15,17-18,24-25,27-28,33,42-43,47,58,71H,1,10,13,16,19-23,26,29-32H2,2-8H3,(H,56,70)(H,57,66)(H,64,65)/t42-,43-,47-,55?/m0/s1. The van der Waals surface area contributed by atoms with Crippen LogP contribution in [0.3, 0.4) is 0 Å². The second-order valence-electron chi connectivity index (χ2n) is 20.6. The molecule has 2 saturated heterocycles. The lowest BCUT2D eigenvalue weighted by Gasteiger charge is -2.37. The smallest absolute Gasteiger partial charge is 0.413 e. The van der Waals surface area contributed by atoms with E-state index in [1.165, 1.54) is 23.0 Å². The summed E-state index contributed by atoms with van der Waals surface area (Å²) < 4.78 is 19.6. The highest BCUT2D eigenvalue weighted by Gasteiger charge is 2.48. The summed E-state index contributed by atoms with van der Waals surface area (Å²) in [6, 6.07) is 15.8. The summed E-state index contributed by atoms with van der Waals surface area (Å²) in [5.41, 5.74) is 7.33. The Morgan fingerprint density at radius 1 is 1.04 bits per heavy atom. The van der Waals surface area contributed by atoms with Gasteiger partial charge in [-0.25, -0.2) is 10.2 Å². The van der Waals surface area contributed by atoms with E-state index in [4.69, 9.17) is 14.2 Å². The molecule has 4 atom stereocenters. The molecule has 3 aliphatic heterocycles. The maximum Gasteiger partial charge on any atom is 0.413 e. The number of benzene rings is 3. The first-order valence-electron chi connectivity index (χ1n) is 25.2. The average Bonchev–Trinajstić information content (AvgIpc) is 3.92. The number of hydrogen-bond donors (Lipinski definition) is 5. The number of carboxylic acids is 1. The number of rotatable bonds is 14. The summed E-state index contributed by atoms with van der Waals surface area (Å²) in [7, 11) is 3.06. The van der Waals surface area contributed by atoms with E-state index in [0.717, 1.165) is 44.3 Å². The number of carboxylic acid groups (broad SMARTS) is 1. The van der Waals surface area contributed by atoms with Gasteiger partial charge in [-0.1, -0.05) is 70.7 Å². The third-order valence-corrected chi connectivity index (χ3v) is 14.0. The van der Waals surface area contributed by atoms with Crippen LogP contribution in [0.25, 0.3) is 33.3 Å². The van der Waals surface area contributed by atoms with Crippen molar-refractivity contribution in [1.29, 1.82) is 0 Å². The van der Waals surface area contributed by atoms with Gasteiger partial charge in [-0.05, 0) is 96.7 Å². The maximum absolute atomic E-state index is 15.0. The van der Waals surface area contributed by atoms with E-state index in [-0.39, 0.29) is 44.8 Å². The van der Waals surface area contributed by atoms with Crippen molar-refractivity contribution in [3.63, 3.8) is 0 Å². The van der Waals surface area contributed by atoms with Gasteiger partial charge in [0.2, 0.25) is 11.8 Å². The molecule has 4 aromatic rings. The lowest BCUT2D eigenvalue weighted by molar-refractivity contribution is -0.156. The molecule has 0 spiro atoms. The topological polar surface area (TPSA) is 238 Å². The number of cyclic esters (lactones) is 1. The lowest BCUT2D eigenvalue weighted by Crippen LogP contribution is -2.63. The number of fused-ring (bicyclic) bond motifs is 6. The van der Waals surface area contributed by atoms with Crippen LogP contribution in [0.5, 0.6) is 5.75 Å². The van der Waals surface area contributed by atoms with Crippen LogP contribution in [-0.2, 0) is 64.0 Å². The highest BCUT2D eigenvalue weighted by atomic mass is 16.6. The van der Waals surface area contributed by atoms with E-state index in [2.05, 4.69) is 52.3 Å². The minimum absolute atomic E-state index is 0.0192. The number of aliphatic carboxylic acids is 1. The number of ether oxygens (including phenoxy) is 3. The van der Waals surface area contributed by atoms with Gasteiger partial charge in [0.25, 0.3) is 11.8 Å². The molecule has 7 rings (SSSR count). The first-order chi connectivity index (χ1) is 35.2. The van der Waals surface area contributed by atoms with Gasteiger partial charge in [-0.15, -0.1) is 0 Å². The number of aliphatic hydroxyl groups is 1. The number of carbonyl (C=O) groups is 7. The minimum atomic E-state index is -1.99. The van der Waals surface area contributed by atoms with E-state index < -0.39 is 83.3 Å². The molecule has 3 aliphatic rings. The van der Waals surface area contributed by atoms with Crippen molar-refractivity contribution in [2.45, 2.75) is 103 Å². The molecule has 0 saturated carbocycles. The number of nitrogens with one attached hydrogen (secondary N) is 3. The van der Waals surface area contributed by atoms with Crippen molar-refractivity contribution in [2.75, 3.05) is 53.6 Å². The van der Waals surface area contributed by atoms with E-state index >= 15 is 0 Å². The van der Waals surface area contributed by atoms with E-state index in [1.54, 1.807) is 27.0 Å². The average molecular weight is 1020 g/mol. The third-order valence-electron chi connectivity index (χ3n) is 14.0. The molecule has 2 fully saturated rings. The number of β-amino-alcohol motifs (C(OH)–C–C–N with tert-alkyl or cyclic N) is 1. The first kappa shape index (κ1) is 54.7. The van der Waals surface area contributed by atoms with Crippen LogP contribution in [0.4, 0.5) is 4.79 Å². The van der Waals surface area contributed by atoms with Crippen LogP contribution in [0.15, 0.2) is 73.3 Å². The van der Waals surface area contributed by atoms with Crippen LogP contribution in [0.1, 0.15) is 70.6 Å². The number of esters is 1. The van der Waals surface area contributed by atoms with Crippen LogP contribution in [-0.4, -0.2) is 149 Å². The Labute approximate surface area is 431 Å². The Morgan fingerprint density at radius 2 is 1.80 bits per heavy atom. The van der Waals surface area contributed by atoms with Gasteiger partial charge in [0.1, 0.15) is 30.4 Å². The van der Waals surface area contributed by atoms with Gasteiger partial charge in [-0.2, -0.15) is 0 Å². The Bertz CT molecular complexity index is 2820. The van der Waals surface area contributed by atoms with Crippen LogP contribution in [0, 0.1) is 11.3 Å². The van der Waals surface area contributed by atoms with Crippen molar-refractivity contribution in [3.05, 3.63) is 90.0 Å². The SMILES string of the molecule is C=CC(=O)N1CCC(O)(C(=O)N(C)[C@H](C(=O)N[C@H]2Cc3cc(OC(=O)NCC(=O)O)cc(c3)-c3ccc4c(c3)c(c(-c3ccccc3CCOC)n4CC)CC(C)(C)COC(=O)[C@@H]3CCCN(N3)C2=O)C(C)C)C1. The van der Waals surface area contributed by atoms with Crippen molar-refractivity contribution in [3.8, 4) is 28.1 Å². The number of likely N-dealkylation sites (tertiary alicyclic amines) is 1. The molecule has 5 N–H and O–H groups in total. The number of amides is 5. The van der Waals surface area contributed by atoms with Crippen molar-refractivity contribution in [2.24, 2.45) is 11.3 Å². The van der Waals surface area contributed by atoms with E-state index in [9.17, 15) is 43.8 Å². The fraction of sp³-hybridized carbons (Fsp3) is 0.473. The molecule has 0 radical (unpaired) electrons. The normalized spacial score (nSPS) is 20.3. The first-order valence-corrected chi connectivity index (χ1v) is 25.2. The molecule has 5 amide bonds. The Kier molecular flexibility index (Phi) is 17.0. The number of nitrogens with zero attached hydrogens (tertiary/aromatic N) is 4. The molecular formula is C55H69N7O12. The Balaban J connectivity index is 1.37. The number of hydrogen-bond acceptors (Lipinski definition) is 12. The fourth-order valence-electron chi connectivity index (χ4n) is 10.5. The van der Waals surface area contributed by atoms with Crippen LogP contribution >= 0.6 is 0 Å². The zero-order valence-corrected chi connectivity index (χ0v) is 43.3. The predicted octanol–water partition coefficient (Wildman–Crippen LogP) is 4.64. The number of aryl methyl sites for hydroxylation is 1. The van der Waals surface area contributed by atoms with Gasteiger partial charge < -0.3 is 49.4 Å². The van der Waals surface area contributed by atoms with Crippen molar-refractivity contribution in [1.82, 2.24) is 35.4 Å². The quantitative estimate of drug-likeness (QED) is 0.0857. The molecule has 396 valence electrons. The monoisotopic (exact) mass is 1020 g/mol. The zero-order chi connectivity index (χ0) is 53.6. The molecule has 19 heteroatoms. The summed E-state index contributed by atoms with van der Waals surface area (Å²) in [6.07, 6.45) is 1.75. The summed E-state index contributed by atoms with van der Waals surface area (Å²) in [6.45, 7) is 13.6. The molecule has 0 aliphatic carbocycles. The second kappa shape index (κ2) is 23.0. The molecule has 6 bridgehead atoms. The number of hydrazine groups is 1.